The van der Waals surface area contributed by atoms with Gasteiger partial charge in [0, 0.05) is 19.3 Å². The number of pyridine rings is 2. The predicted molar refractivity (Wildman–Crippen MR) is 137 cm³/mol. The van der Waals surface area contributed by atoms with Gasteiger partial charge in [-0.2, -0.15) is 5.10 Å². The van der Waals surface area contributed by atoms with Crippen molar-refractivity contribution in [2.45, 2.75) is 51.0 Å². The molecule has 0 bridgehead atoms. The predicted octanol–water partition coefficient (Wildman–Crippen LogP) is 1.96. The van der Waals surface area contributed by atoms with E-state index in [0.29, 0.717) is 23.2 Å². The summed E-state index contributed by atoms with van der Waals surface area (Å²) < 4.78 is 35.2. The van der Waals surface area contributed by atoms with Crippen LogP contribution in [0.25, 0.3) is 5.82 Å². The third kappa shape index (κ3) is 5.04. The maximum Gasteiger partial charge on any atom is 0.256 e. The van der Waals surface area contributed by atoms with Crippen LogP contribution in [0.3, 0.4) is 0 Å². The van der Waals surface area contributed by atoms with Gasteiger partial charge in [-0.3, -0.25) is 10.2 Å². The van der Waals surface area contributed by atoms with Gasteiger partial charge in [-0.1, -0.05) is 6.07 Å². The molecule has 38 heavy (non-hydrogen) atoms. The Morgan fingerprint density at radius 3 is 2.66 bits per heavy atom. The van der Waals surface area contributed by atoms with Crippen molar-refractivity contribution in [3.63, 3.8) is 0 Å². The molecule has 0 saturated carbocycles. The van der Waals surface area contributed by atoms with Crippen LogP contribution in [0.5, 0.6) is 0 Å². The molecule has 2 saturated heterocycles. The van der Waals surface area contributed by atoms with Gasteiger partial charge in [0.05, 0.1) is 37.7 Å². The van der Waals surface area contributed by atoms with Crippen LogP contribution in [-0.2, 0) is 9.53 Å². The molecule has 4 N–H and O–H groups in total. The van der Waals surface area contributed by atoms with Crippen molar-refractivity contribution in [1.82, 2.24) is 35.9 Å². The molecule has 202 valence electrons. The molecular formula is C25H31F2N9O2. The van der Waals surface area contributed by atoms with E-state index in [1.807, 2.05) is 6.92 Å². The third-order valence-electron chi connectivity index (χ3n) is 6.94. The van der Waals surface area contributed by atoms with Crippen molar-refractivity contribution in [2.24, 2.45) is 0 Å². The summed E-state index contributed by atoms with van der Waals surface area (Å²) in [5.74, 6) is -0.0206. The number of carbonyl (C=O) groups is 1. The van der Waals surface area contributed by atoms with Crippen LogP contribution >= 0.6 is 0 Å². The molecule has 11 nitrogen and oxygen atoms in total. The summed E-state index contributed by atoms with van der Waals surface area (Å²) in [4.78, 5) is 23.7. The van der Waals surface area contributed by atoms with Gasteiger partial charge in [-0.05, 0) is 50.5 Å². The Kier molecular flexibility index (Phi) is 6.99. The molecule has 5 rings (SSSR count). The van der Waals surface area contributed by atoms with E-state index >= 15 is 4.39 Å². The number of carbonyl (C=O) groups excluding carboxylic acids is 1. The average molecular weight is 528 g/mol. The molecule has 3 aromatic heterocycles. The molecule has 2 fully saturated rings. The number of amides is 1. The molecular weight excluding hydrogens is 496 g/mol. The topological polar surface area (TPSA) is 121 Å². The summed E-state index contributed by atoms with van der Waals surface area (Å²) in [5.41, 5.74) is 6.34. The zero-order valence-corrected chi connectivity index (χ0v) is 21.6. The number of methoxy groups -OCH3 is 1. The van der Waals surface area contributed by atoms with Crippen LogP contribution in [0.2, 0.25) is 0 Å². The Balaban J connectivity index is 1.24. The average Bonchev–Trinajstić information content (AvgIpc) is 3.49. The Morgan fingerprint density at radius 1 is 1.26 bits per heavy atom. The minimum Gasteiger partial charge on any atom is -0.365 e. The number of anilines is 2. The van der Waals surface area contributed by atoms with E-state index in [2.05, 4.69) is 43.5 Å². The number of nitrogens with zero attached hydrogens (tertiary/aromatic N) is 5. The Bertz CT molecular complexity index is 1310. The highest BCUT2D eigenvalue weighted by atomic mass is 19.1. The first kappa shape index (κ1) is 25.9. The number of ether oxygens (including phenoxy) is 1. The highest BCUT2D eigenvalue weighted by molar-refractivity contribution is 5.89. The van der Waals surface area contributed by atoms with Crippen LogP contribution in [0.15, 0.2) is 36.8 Å². The maximum absolute atomic E-state index is 15.0. The number of halogens is 2. The molecule has 0 radical (unpaired) electrons. The molecule has 5 heterocycles. The minimum absolute atomic E-state index is 0.0267. The van der Waals surface area contributed by atoms with Gasteiger partial charge in [0.15, 0.2) is 28.9 Å². The van der Waals surface area contributed by atoms with Crippen LogP contribution in [0.4, 0.5) is 20.4 Å². The Hall–Kier alpha value is -3.68. The Morgan fingerprint density at radius 2 is 2.05 bits per heavy atom. The van der Waals surface area contributed by atoms with Gasteiger partial charge in [-0.15, -0.1) is 0 Å². The fourth-order valence-corrected chi connectivity index (χ4v) is 4.62. The second-order valence-corrected chi connectivity index (χ2v) is 9.89. The van der Waals surface area contributed by atoms with E-state index in [1.54, 1.807) is 36.2 Å². The standard InChI is InChI=1S/C25H31F2N9O2/c1-14-7-19(31-20-8-15(2)33-34-20)32-23(22(14)27)35-12-25(13-35,38-4)24(37)30-16(3)17-5-6-21(28-9-17)36-11-18(26)10-29-36/h5-7,9-11,15-16,20,33-34H,8,12-13H2,1-4H3,(H,30,37)(H,31,32)/t15?,16-,20?/m0/s1. The van der Waals surface area contributed by atoms with Crippen molar-refractivity contribution in [3.05, 3.63) is 59.6 Å². The van der Waals surface area contributed by atoms with Crippen LogP contribution in [-0.4, -0.2) is 63.7 Å². The number of aryl methyl sites for hydroxylation is 1. The summed E-state index contributed by atoms with van der Waals surface area (Å²) in [7, 11) is 1.47. The number of hydrogen-bond donors (Lipinski definition) is 4. The van der Waals surface area contributed by atoms with E-state index in [9.17, 15) is 9.18 Å². The number of hydrogen-bond acceptors (Lipinski definition) is 9. The first-order chi connectivity index (χ1) is 18.2. The molecule has 0 aromatic carbocycles. The van der Waals surface area contributed by atoms with Crippen molar-refractivity contribution < 1.29 is 18.3 Å². The van der Waals surface area contributed by atoms with Gasteiger partial charge >= 0.3 is 0 Å². The minimum atomic E-state index is -1.15. The van der Waals surface area contributed by atoms with E-state index in [4.69, 9.17) is 4.74 Å². The normalized spacial score (nSPS) is 21.2. The molecule has 0 spiro atoms. The lowest BCUT2D eigenvalue weighted by Crippen LogP contribution is -2.70. The summed E-state index contributed by atoms with van der Waals surface area (Å²) in [6, 6.07) is 5.08. The quantitative estimate of drug-likeness (QED) is 0.348. The lowest BCUT2D eigenvalue weighted by molar-refractivity contribution is -0.147. The maximum atomic E-state index is 15.0. The van der Waals surface area contributed by atoms with Crippen LogP contribution in [0.1, 0.15) is 37.4 Å². The fourth-order valence-electron chi connectivity index (χ4n) is 4.62. The first-order valence-corrected chi connectivity index (χ1v) is 12.4. The van der Waals surface area contributed by atoms with Crippen LogP contribution < -0.4 is 26.4 Å². The number of rotatable bonds is 8. The highest BCUT2D eigenvalue weighted by Crippen LogP contribution is 2.34. The van der Waals surface area contributed by atoms with Crippen molar-refractivity contribution >= 4 is 17.5 Å². The van der Waals surface area contributed by atoms with E-state index in [-0.39, 0.29) is 37.0 Å². The molecule has 2 aliphatic rings. The summed E-state index contributed by atoms with van der Waals surface area (Å²) >= 11 is 0. The number of aromatic nitrogens is 4. The summed E-state index contributed by atoms with van der Waals surface area (Å²) in [6.45, 7) is 5.88. The fraction of sp³-hybridized carbons (Fsp3) is 0.440. The molecule has 2 unspecified atom stereocenters. The zero-order valence-electron chi connectivity index (χ0n) is 21.6. The van der Waals surface area contributed by atoms with Crippen molar-refractivity contribution in [1.29, 1.82) is 0 Å². The molecule has 0 aliphatic carbocycles. The van der Waals surface area contributed by atoms with Crippen LogP contribution in [0, 0.1) is 18.6 Å². The largest absolute Gasteiger partial charge is 0.365 e. The summed E-state index contributed by atoms with van der Waals surface area (Å²) in [6.07, 6.45) is 4.75. The third-order valence-corrected chi connectivity index (χ3v) is 6.94. The second-order valence-electron chi connectivity index (χ2n) is 9.89. The highest BCUT2D eigenvalue weighted by Gasteiger charge is 2.51. The second kappa shape index (κ2) is 10.2. The van der Waals surface area contributed by atoms with Gasteiger partial charge in [0.2, 0.25) is 0 Å². The van der Waals surface area contributed by atoms with Gasteiger partial charge in [0.25, 0.3) is 5.91 Å². The first-order valence-electron chi connectivity index (χ1n) is 12.4. The SMILES string of the molecule is COC1(C(=O)N[C@@H](C)c2ccc(-n3cc(F)cn3)nc2)CN(c2nc(NC3CC(C)NN3)cc(C)c2F)C1. The monoisotopic (exact) mass is 527 g/mol. The number of hydrazine groups is 1. The molecule has 3 atom stereocenters. The van der Waals surface area contributed by atoms with E-state index in [0.717, 1.165) is 18.2 Å². The number of nitrogens with one attached hydrogen (secondary N) is 4. The van der Waals surface area contributed by atoms with E-state index < -0.39 is 17.2 Å². The lowest BCUT2D eigenvalue weighted by Gasteiger charge is -2.48. The zero-order chi connectivity index (χ0) is 27.0. The lowest BCUT2D eigenvalue weighted by atomic mass is 9.91. The van der Waals surface area contributed by atoms with E-state index in [1.165, 1.54) is 18.0 Å². The van der Waals surface area contributed by atoms with Gasteiger partial charge < -0.3 is 20.3 Å². The molecule has 2 aliphatic heterocycles. The smallest absolute Gasteiger partial charge is 0.256 e. The molecule has 3 aromatic rings. The summed E-state index contributed by atoms with van der Waals surface area (Å²) in [5, 5.41) is 10.1. The molecule has 1 amide bonds. The van der Waals surface area contributed by atoms with Gasteiger partial charge in [0.1, 0.15) is 5.82 Å². The Labute approximate surface area is 218 Å². The van der Waals surface area contributed by atoms with Crippen molar-refractivity contribution in [2.75, 3.05) is 30.4 Å². The van der Waals surface area contributed by atoms with Crippen molar-refractivity contribution in [3.8, 4) is 5.82 Å². The van der Waals surface area contributed by atoms with Gasteiger partial charge in [-0.25, -0.2) is 28.9 Å². The molecule has 13 heteroatoms.